The fourth-order valence-electron chi connectivity index (χ4n) is 1.18. The molecule has 0 aliphatic rings. The summed E-state index contributed by atoms with van der Waals surface area (Å²) < 4.78 is -1.89. The number of amides is 1. The largest absolute Gasteiger partial charge is 0.346 e. The smallest absolute Gasteiger partial charge is 0.272 e. The summed E-state index contributed by atoms with van der Waals surface area (Å²) in [5, 5.41) is 2.67. The first kappa shape index (κ1) is 15.1. The summed E-state index contributed by atoms with van der Waals surface area (Å²) >= 11 is 16.4. The lowest BCUT2D eigenvalue weighted by atomic mass is 10.0. The zero-order valence-corrected chi connectivity index (χ0v) is 11.3. The molecule has 1 amide bonds. The van der Waals surface area contributed by atoms with Gasteiger partial charge in [0.25, 0.3) is 9.70 Å². The van der Waals surface area contributed by atoms with Gasteiger partial charge in [-0.05, 0) is 19.3 Å². The molecule has 0 aliphatic carbocycles. The average molecular weight is 273 g/mol. The Kier molecular flexibility index (Phi) is 6.65. The van der Waals surface area contributed by atoms with E-state index in [0.29, 0.717) is 5.92 Å². The van der Waals surface area contributed by atoms with Crippen molar-refractivity contribution in [2.75, 3.05) is 0 Å². The zero-order chi connectivity index (χ0) is 12.1. The highest BCUT2D eigenvalue weighted by atomic mass is 35.6. The van der Waals surface area contributed by atoms with Gasteiger partial charge in [0.15, 0.2) is 0 Å². The van der Waals surface area contributed by atoms with E-state index in [4.69, 9.17) is 34.8 Å². The molecule has 2 nitrogen and oxygen atoms in total. The van der Waals surface area contributed by atoms with E-state index >= 15 is 0 Å². The first-order chi connectivity index (χ1) is 6.77. The van der Waals surface area contributed by atoms with Crippen molar-refractivity contribution in [2.24, 2.45) is 5.92 Å². The third-order valence-corrected chi connectivity index (χ3v) is 2.24. The topological polar surface area (TPSA) is 29.1 Å². The molecule has 0 aromatic carbocycles. The number of hydrogen-bond acceptors (Lipinski definition) is 1. The maximum Gasteiger partial charge on any atom is 0.272 e. The predicted molar refractivity (Wildman–Crippen MR) is 66.5 cm³/mol. The van der Waals surface area contributed by atoms with Gasteiger partial charge < -0.3 is 5.32 Å². The molecule has 0 radical (unpaired) electrons. The predicted octanol–water partition coefficient (Wildman–Crippen LogP) is 3.46. The van der Waals surface area contributed by atoms with Crippen molar-refractivity contribution in [3.8, 4) is 0 Å². The molecule has 15 heavy (non-hydrogen) atoms. The van der Waals surface area contributed by atoms with Crippen LogP contribution in [0.25, 0.3) is 0 Å². The number of alkyl halides is 3. The van der Waals surface area contributed by atoms with Gasteiger partial charge in [-0.25, -0.2) is 0 Å². The van der Waals surface area contributed by atoms with Crippen LogP contribution in [0.1, 0.15) is 27.2 Å². The monoisotopic (exact) mass is 271 g/mol. The lowest BCUT2D eigenvalue weighted by Crippen LogP contribution is -2.41. The highest BCUT2D eigenvalue weighted by Gasteiger charge is 2.31. The summed E-state index contributed by atoms with van der Waals surface area (Å²) in [6, 6.07) is -0.0851. The van der Waals surface area contributed by atoms with E-state index in [9.17, 15) is 4.79 Å². The van der Waals surface area contributed by atoms with Crippen molar-refractivity contribution in [1.29, 1.82) is 0 Å². The van der Waals surface area contributed by atoms with Crippen LogP contribution in [0.15, 0.2) is 12.2 Å². The minimum Gasteiger partial charge on any atom is -0.346 e. The van der Waals surface area contributed by atoms with Gasteiger partial charge >= 0.3 is 0 Å². The summed E-state index contributed by atoms with van der Waals surface area (Å²) in [6.45, 7) is 6.02. The molecule has 0 saturated carbocycles. The van der Waals surface area contributed by atoms with Crippen LogP contribution in [0.3, 0.4) is 0 Å². The van der Waals surface area contributed by atoms with Gasteiger partial charge in [-0.1, -0.05) is 60.8 Å². The summed E-state index contributed by atoms with van der Waals surface area (Å²) in [5.74, 6) is -0.127. The van der Waals surface area contributed by atoms with Crippen LogP contribution >= 0.6 is 34.8 Å². The quantitative estimate of drug-likeness (QED) is 0.616. The van der Waals surface area contributed by atoms with Gasteiger partial charge in [-0.15, -0.1) is 0 Å². The maximum atomic E-state index is 11.4. The number of carbonyl (C=O) groups is 1. The number of allylic oxidation sites excluding steroid dienone is 1. The Morgan fingerprint density at radius 3 is 2.27 bits per heavy atom. The summed E-state index contributed by atoms with van der Waals surface area (Å²) in [4.78, 5) is 11.4. The fourth-order valence-corrected chi connectivity index (χ4v) is 1.34. The summed E-state index contributed by atoms with van der Waals surface area (Å²) in [5.41, 5.74) is 0. The van der Waals surface area contributed by atoms with Gasteiger partial charge in [0.2, 0.25) is 0 Å². The molecule has 0 bridgehead atoms. The van der Waals surface area contributed by atoms with Gasteiger partial charge in [0, 0.05) is 6.04 Å². The molecule has 0 heterocycles. The highest BCUT2D eigenvalue weighted by molar-refractivity contribution is 6.76. The standard InChI is InChI=1S/C10H16Cl3NO/c1-4-5-8(6-7(2)3)14-9(15)10(11,12)13/h4-5,7-8H,6H2,1-3H3,(H,14,15)/b5-4+. The van der Waals surface area contributed by atoms with E-state index in [-0.39, 0.29) is 6.04 Å². The molecule has 1 unspecified atom stereocenters. The molecule has 0 rings (SSSR count). The van der Waals surface area contributed by atoms with Crippen LogP contribution in [0.4, 0.5) is 0 Å². The van der Waals surface area contributed by atoms with Crippen molar-refractivity contribution >= 4 is 40.7 Å². The molecule has 1 atom stereocenters. The third kappa shape index (κ3) is 7.04. The van der Waals surface area contributed by atoms with Gasteiger partial charge in [-0.2, -0.15) is 0 Å². The molecule has 0 saturated heterocycles. The van der Waals surface area contributed by atoms with Crippen molar-refractivity contribution in [3.05, 3.63) is 12.2 Å². The van der Waals surface area contributed by atoms with E-state index in [1.165, 1.54) is 0 Å². The third-order valence-electron chi connectivity index (χ3n) is 1.72. The van der Waals surface area contributed by atoms with E-state index in [2.05, 4.69) is 19.2 Å². The number of hydrogen-bond donors (Lipinski definition) is 1. The first-order valence-electron chi connectivity index (χ1n) is 4.77. The van der Waals surface area contributed by atoms with E-state index < -0.39 is 9.70 Å². The Balaban J connectivity index is 4.35. The van der Waals surface area contributed by atoms with Gasteiger partial charge in [0.05, 0.1) is 0 Å². The molecule has 0 aromatic heterocycles. The molecule has 88 valence electrons. The Morgan fingerprint density at radius 1 is 1.40 bits per heavy atom. The van der Waals surface area contributed by atoms with Gasteiger partial charge in [-0.3, -0.25) is 4.79 Å². The molecule has 5 heteroatoms. The normalized spacial score (nSPS) is 14.6. The maximum absolute atomic E-state index is 11.4. The van der Waals surface area contributed by atoms with Crippen LogP contribution in [-0.4, -0.2) is 15.7 Å². The number of carbonyl (C=O) groups excluding carboxylic acids is 1. The second-order valence-electron chi connectivity index (χ2n) is 3.73. The Hall–Kier alpha value is 0.0800. The minimum absolute atomic E-state index is 0.0851. The van der Waals surface area contributed by atoms with Crippen LogP contribution < -0.4 is 5.32 Å². The van der Waals surface area contributed by atoms with Crippen molar-refractivity contribution in [2.45, 2.75) is 37.0 Å². The Morgan fingerprint density at radius 2 is 1.93 bits per heavy atom. The lowest BCUT2D eigenvalue weighted by molar-refractivity contribution is -0.120. The van der Waals surface area contributed by atoms with E-state index in [1.807, 2.05) is 19.1 Å². The van der Waals surface area contributed by atoms with Gasteiger partial charge in [0.1, 0.15) is 0 Å². The lowest BCUT2D eigenvalue weighted by Gasteiger charge is -2.19. The number of halogens is 3. The van der Waals surface area contributed by atoms with E-state index in [1.54, 1.807) is 0 Å². The summed E-state index contributed by atoms with van der Waals surface area (Å²) in [6.07, 6.45) is 4.57. The van der Waals surface area contributed by atoms with Crippen LogP contribution in [-0.2, 0) is 4.79 Å². The second kappa shape index (κ2) is 6.62. The van der Waals surface area contributed by atoms with Crippen molar-refractivity contribution in [1.82, 2.24) is 5.32 Å². The van der Waals surface area contributed by atoms with Crippen LogP contribution in [0.5, 0.6) is 0 Å². The number of rotatable bonds is 4. The molecule has 0 fully saturated rings. The highest BCUT2D eigenvalue weighted by Crippen LogP contribution is 2.26. The minimum atomic E-state index is -1.89. The molecule has 0 aliphatic heterocycles. The van der Waals surface area contributed by atoms with Crippen LogP contribution in [0, 0.1) is 5.92 Å². The van der Waals surface area contributed by atoms with Crippen molar-refractivity contribution in [3.63, 3.8) is 0 Å². The average Bonchev–Trinajstić information content (AvgIpc) is 2.01. The Labute approximate surface area is 106 Å². The molecular weight excluding hydrogens is 256 g/mol. The SMILES string of the molecule is C/C=C/C(CC(C)C)NC(=O)C(Cl)(Cl)Cl. The molecule has 0 aromatic rings. The fraction of sp³-hybridized carbons (Fsp3) is 0.700. The summed E-state index contributed by atoms with van der Waals surface area (Å²) in [7, 11) is 0. The molecule has 0 spiro atoms. The second-order valence-corrected chi connectivity index (χ2v) is 6.01. The van der Waals surface area contributed by atoms with Crippen molar-refractivity contribution < 1.29 is 4.79 Å². The molecular formula is C10H16Cl3NO. The van der Waals surface area contributed by atoms with Crippen LogP contribution in [0.2, 0.25) is 0 Å². The molecule has 1 N–H and O–H groups in total. The Bertz CT molecular complexity index is 233. The van der Waals surface area contributed by atoms with E-state index in [0.717, 1.165) is 6.42 Å². The first-order valence-corrected chi connectivity index (χ1v) is 5.91. The zero-order valence-electron chi connectivity index (χ0n) is 9.06. The number of nitrogens with one attached hydrogen (secondary N) is 1.